The van der Waals surface area contributed by atoms with E-state index in [1.165, 1.54) is 98.3 Å². The summed E-state index contributed by atoms with van der Waals surface area (Å²) < 4.78 is 5.02. The Kier molecular flexibility index (Phi) is 37.8. The molecular formula is C94H118N16O19S. The highest BCUT2D eigenvalue weighted by molar-refractivity contribution is 8.00. The van der Waals surface area contributed by atoms with E-state index < -0.39 is 187 Å². The second-order valence-corrected chi connectivity index (χ2v) is 34.2. The number of unbranched alkanes of at least 4 members (excludes halogenated alkanes) is 1. The van der Waals surface area contributed by atoms with Crippen LogP contribution >= 0.6 is 11.8 Å². The number of amides is 15. The molecular weight excluding hydrogens is 1690 g/mol. The van der Waals surface area contributed by atoms with Gasteiger partial charge in [-0.1, -0.05) is 167 Å². The number of ether oxygens (including phenoxy) is 1. The lowest BCUT2D eigenvalue weighted by atomic mass is 9.96. The van der Waals surface area contributed by atoms with E-state index in [-0.39, 0.29) is 94.0 Å². The second kappa shape index (κ2) is 49.0. The van der Waals surface area contributed by atoms with Crippen LogP contribution in [0.1, 0.15) is 106 Å². The SMILES string of the molecule is CCCC[C@H]1C(=O)N(C)CC(=O)N[C@@H](COC=O)C(=O)N[C@@H](C)C(=O)N(C)[C@@H](Cc2ccccc2)C(=O)N[C@@H](Cc2ccc(O)cc2)C(=O)N2CCCC[C@@H]2C(=O)N[C@@H](Cc2c[nH]c3ccccc23)C(=O)N[C@@H](Cc2ccc(O)cc2)C(=O)N[C@@H](CC(C)C)C(=O)N[C@H](C(=O)NCC(N)=O)CSCC(=O)N[C@@H](Cc2ccccc2)C(=O)N(C)[C@@H](Cc2ccccc2)C(=O)N1C. The second-order valence-electron chi connectivity index (χ2n) is 33.2. The molecule has 0 unspecified atom stereocenters. The summed E-state index contributed by atoms with van der Waals surface area (Å²) in [5.74, 6) is -14.4. The Hall–Kier alpha value is -13.7. The normalized spacial score (nSPS) is 22.8. The number of nitrogens with two attached hydrogens (primary N) is 1. The number of hydrogen-bond donors (Lipinski definition) is 13. The minimum Gasteiger partial charge on any atom is -0.508 e. The number of nitrogens with one attached hydrogen (secondary N) is 10. The third-order valence-electron chi connectivity index (χ3n) is 22.8. The van der Waals surface area contributed by atoms with Crippen molar-refractivity contribution in [3.63, 3.8) is 0 Å². The Morgan fingerprint density at radius 2 is 1.01 bits per heavy atom. The zero-order valence-corrected chi connectivity index (χ0v) is 75.1. The molecule has 2 aliphatic heterocycles. The number of hydrogen-bond acceptors (Lipinski definition) is 20. The van der Waals surface area contributed by atoms with Gasteiger partial charge in [-0.3, -0.25) is 76.7 Å². The number of H-pyrrole nitrogens is 1. The number of piperidine rings is 1. The van der Waals surface area contributed by atoms with Crippen LogP contribution in [-0.4, -0.2) is 273 Å². The van der Waals surface area contributed by atoms with Crippen molar-refractivity contribution >= 4 is 118 Å². The number of likely N-dealkylation sites (N-methyl/N-ethyl adjacent to an activating group) is 4. The first-order valence-electron chi connectivity index (χ1n) is 43.4. The molecule has 2 fully saturated rings. The zero-order valence-electron chi connectivity index (χ0n) is 74.2. The van der Waals surface area contributed by atoms with Crippen molar-refractivity contribution < 1.29 is 91.7 Å². The molecule has 36 heteroatoms. The number of carbonyl (C=O) groups excluding carboxylic acids is 16. The molecule has 9 rings (SSSR count). The molecule has 0 spiro atoms. The topological polar surface area (TPSA) is 489 Å². The Morgan fingerprint density at radius 3 is 1.59 bits per heavy atom. The highest BCUT2D eigenvalue weighted by Gasteiger charge is 2.43. The number of benzene rings is 6. The molecule has 3 heterocycles. The van der Waals surface area contributed by atoms with E-state index in [0.29, 0.717) is 70.0 Å². The number of primary amides is 1. The molecule has 1 aromatic heterocycles. The summed E-state index contributed by atoms with van der Waals surface area (Å²) in [6.07, 6.45) is 2.19. The van der Waals surface area contributed by atoms with Gasteiger partial charge in [0.25, 0.3) is 6.47 Å². The Morgan fingerprint density at radius 1 is 0.515 bits per heavy atom. The largest absolute Gasteiger partial charge is 0.508 e. The fourth-order valence-corrected chi connectivity index (χ4v) is 16.6. The molecule has 130 heavy (non-hydrogen) atoms. The lowest BCUT2D eigenvalue weighted by Crippen LogP contribution is -2.62. The number of rotatable bonds is 23. The van der Waals surface area contributed by atoms with Gasteiger partial charge in [0, 0.05) is 96.1 Å². The summed E-state index contributed by atoms with van der Waals surface area (Å²) in [5.41, 5.74) is 9.28. The molecule has 0 bridgehead atoms. The van der Waals surface area contributed by atoms with E-state index in [0.717, 1.165) is 21.6 Å². The molecule has 0 radical (unpaired) electrons. The Balaban J connectivity index is 1.12. The van der Waals surface area contributed by atoms with Crippen molar-refractivity contribution in [2.24, 2.45) is 11.7 Å². The maximum atomic E-state index is 15.8. The van der Waals surface area contributed by atoms with Crippen molar-refractivity contribution in [2.45, 2.75) is 184 Å². The first-order valence-corrected chi connectivity index (χ1v) is 44.5. The predicted molar refractivity (Wildman–Crippen MR) is 484 cm³/mol. The average Bonchev–Trinajstić information content (AvgIpc) is 1.13. The van der Waals surface area contributed by atoms with Crippen LogP contribution in [0.4, 0.5) is 0 Å². The van der Waals surface area contributed by atoms with Gasteiger partial charge in [-0.05, 0) is 109 Å². The first-order chi connectivity index (χ1) is 62.2. The summed E-state index contributed by atoms with van der Waals surface area (Å²) in [6.45, 7) is 4.45. The summed E-state index contributed by atoms with van der Waals surface area (Å²) >= 11 is 0.840. The zero-order chi connectivity index (χ0) is 94.3. The fourth-order valence-electron chi connectivity index (χ4n) is 15.7. The van der Waals surface area contributed by atoms with Crippen molar-refractivity contribution in [3.05, 3.63) is 203 Å². The number of carbonyl (C=O) groups is 16. The Labute approximate surface area is 759 Å². The first kappa shape index (κ1) is 100. The van der Waals surface area contributed by atoms with Gasteiger partial charge in [-0.15, -0.1) is 11.8 Å². The minimum absolute atomic E-state index is 0.0243. The van der Waals surface area contributed by atoms with E-state index in [4.69, 9.17) is 10.5 Å². The monoisotopic (exact) mass is 1810 g/mol. The smallest absolute Gasteiger partial charge is 0.293 e. The molecule has 7 aromatic rings. The molecule has 694 valence electrons. The highest BCUT2D eigenvalue weighted by Crippen LogP contribution is 2.26. The fraction of sp³-hybridized carbons (Fsp3) is 0.426. The van der Waals surface area contributed by atoms with Crippen LogP contribution in [0.2, 0.25) is 0 Å². The number of phenols is 2. The van der Waals surface area contributed by atoms with Crippen LogP contribution in [0.3, 0.4) is 0 Å². The minimum atomic E-state index is -1.72. The van der Waals surface area contributed by atoms with Gasteiger partial charge in [0.1, 0.15) is 90.6 Å². The number of para-hydroxylation sites is 1. The van der Waals surface area contributed by atoms with Crippen molar-refractivity contribution in [1.82, 2.24) is 77.3 Å². The molecule has 6 aromatic carbocycles. The summed E-state index contributed by atoms with van der Waals surface area (Å²) in [7, 11) is 5.36. The van der Waals surface area contributed by atoms with Crippen LogP contribution in [0.5, 0.6) is 11.5 Å². The van der Waals surface area contributed by atoms with Crippen LogP contribution in [-0.2, 0) is 120 Å². The number of aromatic nitrogens is 1. The molecule has 12 atom stereocenters. The molecule has 15 amide bonds. The van der Waals surface area contributed by atoms with Crippen molar-refractivity contribution in [2.75, 3.05) is 65.9 Å². The summed E-state index contributed by atoms with van der Waals surface area (Å²) in [4.78, 5) is 244. The van der Waals surface area contributed by atoms with Crippen LogP contribution in [0.15, 0.2) is 170 Å². The van der Waals surface area contributed by atoms with Gasteiger partial charge >= 0.3 is 0 Å². The molecule has 2 saturated heterocycles. The third kappa shape index (κ3) is 29.2. The van der Waals surface area contributed by atoms with Gasteiger partial charge in [-0.25, -0.2) is 0 Å². The molecule has 35 nitrogen and oxygen atoms in total. The van der Waals surface area contributed by atoms with Crippen LogP contribution in [0.25, 0.3) is 10.9 Å². The van der Waals surface area contributed by atoms with E-state index in [9.17, 15) is 48.6 Å². The van der Waals surface area contributed by atoms with Gasteiger partial charge in [-0.2, -0.15) is 0 Å². The third-order valence-corrected chi connectivity index (χ3v) is 23.9. The van der Waals surface area contributed by atoms with Crippen molar-refractivity contribution in [1.29, 1.82) is 0 Å². The van der Waals surface area contributed by atoms with Gasteiger partial charge in [0.2, 0.25) is 88.6 Å². The van der Waals surface area contributed by atoms with Crippen LogP contribution < -0.4 is 53.6 Å². The summed E-state index contributed by atoms with van der Waals surface area (Å²) in [6, 6.07) is 26.8. The van der Waals surface area contributed by atoms with E-state index >= 15 is 38.4 Å². The number of nitrogens with zero attached hydrogens (tertiary/aromatic N) is 5. The maximum Gasteiger partial charge on any atom is 0.293 e. The number of aromatic hydroxyl groups is 2. The van der Waals surface area contributed by atoms with Crippen LogP contribution in [0, 0.1) is 5.92 Å². The molecule has 14 N–H and O–H groups in total. The van der Waals surface area contributed by atoms with Crippen molar-refractivity contribution in [3.8, 4) is 11.5 Å². The van der Waals surface area contributed by atoms with Gasteiger partial charge in [0.05, 0.1) is 18.8 Å². The predicted octanol–water partition coefficient (Wildman–Crippen LogP) is 2.31. The molecule has 2 aliphatic rings. The standard InChI is InChI=1S/C94H118N16O19S/c1-9-10-32-77-93(127)106(5)52-81(115)100-74(53-129-56-111)87(121)98-58(4)90(124)108(7)78(47-60-26-16-12-17-27-60)89(123)104-73(46-63-36-40-66(113)41-37-63)92(126)110-42-23-22-33-76(110)88(122)103-71(49-64-50-96-68-31-21-20-30-67(64)68)86(120)102-70(44-62-34-38-65(112)39-35-62)85(119)101-69(43-57(2)3)84(118)105-75(83(117)97-51-80(95)114)54-130-55-82(116)99-72(45-59-24-14-11-15-25-59)91(125)109(8)79(94(128)107(77)6)48-61-28-18-13-19-29-61/h11-21,24-31,34-41,50,56-58,69-79,96,112-113H,9-10,22-23,32-33,42-49,51-55H2,1-8H3,(H2,95,114)(H,97,117)(H,98,121)(H,99,116)(H,100,115)(H,101,119)(H,102,120)(H,103,122)(H,104,123)(H,105,118)/t58-,69-,70-,71-,72-,73-,74-,75-,76+,77-,78-,79-/m0/s1. The van der Waals surface area contributed by atoms with E-state index in [1.807, 2.05) is 6.92 Å². The maximum absolute atomic E-state index is 15.8. The average molecular weight is 1810 g/mol. The quantitative estimate of drug-likeness (QED) is 0.0409. The Bertz CT molecular complexity index is 5090. The van der Waals surface area contributed by atoms with Gasteiger partial charge in [0.15, 0.2) is 0 Å². The number of thioether (sulfide) groups is 1. The van der Waals surface area contributed by atoms with E-state index in [1.54, 1.807) is 135 Å². The lowest BCUT2D eigenvalue weighted by Gasteiger charge is -2.38. The summed E-state index contributed by atoms with van der Waals surface area (Å²) in [5, 5.41) is 45.9. The number of aromatic amines is 1. The van der Waals surface area contributed by atoms with E-state index in [2.05, 4.69) is 52.8 Å². The lowest BCUT2D eigenvalue weighted by molar-refractivity contribution is -0.151. The molecule has 0 saturated carbocycles. The molecule has 0 aliphatic carbocycles. The number of phenolic OH excluding ortho intramolecular Hbond substituents is 2. The van der Waals surface area contributed by atoms with Gasteiger partial charge < -0.3 is 98.0 Å². The number of fused-ring (bicyclic) bond motifs is 2. The highest BCUT2D eigenvalue weighted by atomic mass is 32.2.